The summed E-state index contributed by atoms with van der Waals surface area (Å²) in [6.45, 7) is 10.7. The first-order valence-corrected chi connectivity index (χ1v) is 10.5. The van der Waals surface area contributed by atoms with Gasteiger partial charge in [-0.15, -0.1) is 5.10 Å². The van der Waals surface area contributed by atoms with Gasteiger partial charge in [-0.2, -0.15) is 0 Å². The molecule has 3 fully saturated rings. The lowest BCUT2D eigenvalue weighted by atomic mass is 9.93. The molecule has 1 N–H and O–H groups in total. The number of nitrogens with one attached hydrogen (secondary N) is 1. The van der Waals surface area contributed by atoms with Crippen LogP contribution in [0.25, 0.3) is 0 Å². The first-order valence-electron chi connectivity index (χ1n) is 10.5. The van der Waals surface area contributed by atoms with Crippen molar-refractivity contribution >= 4 is 11.8 Å². The number of piperidine rings is 1. The molecule has 154 valence electrons. The summed E-state index contributed by atoms with van der Waals surface area (Å²) in [5.41, 5.74) is 1.45. The van der Waals surface area contributed by atoms with Crippen LogP contribution >= 0.6 is 0 Å². The molecule has 0 radical (unpaired) electrons. The Labute approximate surface area is 166 Å². The maximum Gasteiger partial charge on any atom is 0.227 e. The number of nitrogens with zero attached hydrogens (tertiary/aromatic N) is 5. The summed E-state index contributed by atoms with van der Waals surface area (Å²) in [7, 11) is 0. The Morgan fingerprint density at radius 3 is 2.71 bits per heavy atom. The van der Waals surface area contributed by atoms with E-state index in [-0.39, 0.29) is 17.7 Å². The van der Waals surface area contributed by atoms with Gasteiger partial charge in [0.15, 0.2) is 0 Å². The van der Waals surface area contributed by atoms with Gasteiger partial charge in [0.1, 0.15) is 0 Å². The van der Waals surface area contributed by atoms with Gasteiger partial charge < -0.3 is 10.2 Å². The summed E-state index contributed by atoms with van der Waals surface area (Å²) < 4.78 is 1.97. The highest BCUT2D eigenvalue weighted by Gasteiger charge is 2.33. The third-order valence-electron chi connectivity index (χ3n) is 6.43. The number of rotatable bonds is 5. The summed E-state index contributed by atoms with van der Waals surface area (Å²) >= 11 is 0. The monoisotopic (exact) mass is 388 g/mol. The lowest BCUT2D eigenvalue weighted by Gasteiger charge is -2.33. The SMILES string of the molecule is CC1(C)CCN(Cc2cn(CC3CCN(C(=O)C4CNC(=O)C4)CC3)nn2)C1. The number of carbonyl (C=O) groups is 2. The largest absolute Gasteiger partial charge is 0.355 e. The Hall–Kier alpha value is -1.96. The van der Waals surface area contributed by atoms with E-state index in [1.54, 1.807) is 0 Å². The zero-order chi connectivity index (χ0) is 19.7. The van der Waals surface area contributed by atoms with Crippen LogP contribution in [0.2, 0.25) is 0 Å². The standard InChI is InChI=1S/C20H32N6O2/c1-20(2)5-8-24(14-20)12-17-13-26(23-22-17)11-15-3-6-25(7-4-15)19(28)16-9-18(27)21-10-16/h13,15-16H,3-12,14H2,1-2H3,(H,21,27). The molecular formula is C20H32N6O2. The van der Waals surface area contributed by atoms with Gasteiger partial charge in [-0.25, -0.2) is 0 Å². The highest BCUT2D eigenvalue weighted by Crippen LogP contribution is 2.29. The van der Waals surface area contributed by atoms with Gasteiger partial charge in [0.05, 0.1) is 11.6 Å². The molecule has 1 aromatic heterocycles. The molecule has 8 heteroatoms. The molecule has 3 aliphatic rings. The van der Waals surface area contributed by atoms with Gasteiger partial charge in [-0.05, 0) is 37.1 Å². The fourth-order valence-corrected chi connectivity index (χ4v) is 4.73. The second kappa shape index (κ2) is 7.81. The van der Waals surface area contributed by atoms with Crippen molar-refractivity contribution in [1.29, 1.82) is 0 Å². The molecule has 4 rings (SSSR count). The number of likely N-dealkylation sites (tertiary alicyclic amines) is 2. The summed E-state index contributed by atoms with van der Waals surface area (Å²) in [5.74, 6) is 0.478. The van der Waals surface area contributed by atoms with E-state index in [1.807, 2.05) is 9.58 Å². The van der Waals surface area contributed by atoms with Crippen molar-refractivity contribution in [1.82, 2.24) is 30.1 Å². The van der Waals surface area contributed by atoms with E-state index < -0.39 is 0 Å². The van der Waals surface area contributed by atoms with Gasteiger partial charge in [-0.3, -0.25) is 19.2 Å². The maximum atomic E-state index is 12.5. The molecule has 0 bridgehead atoms. The van der Waals surface area contributed by atoms with E-state index in [0.717, 1.165) is 57.8 Å². The fourth-order valence-electron chi connectivity index (χ4n) is 4.73. The molecule has 1 aromatic rings. The minimum atomic E-state index is -0.169. The summed E-state index contributed by atoms with van der Waals surface area (Å²) in [4.78, 5) is 28.3. The third kappa shape index (κ3) is 4.54. The average Bonchev–Trinajstić information content (AvgIpc) is 3.36. The Morgan fingerprint density at radius 2 is 2.07 bits per heavy atom. The maximum absolute atomic E-state index is 12.5. The van der Waals surface area contributed by atoms with Crippen LogP contribution in [-0.2, 0) is 22.7 Å². The van der Waals surface area contributed by atoms with Crippen molar-refractivity contribution in [2.45, 2.75) is 52.6 Å². The van der Waals surface area contributed by atoms with E-state index >= 15 is 0 Å². The first kappa shape index (κ1) is 19.4. The smallest absolute Gasteiger partial charge is 0.227 e. The van der Waals surface area contributed by atoms with E-state index in [0.29, 0.717) is 24.3 Å². The quantitative estimate of drug-likeness (QED) is 0.810. The number of carbonyl (C=O) groups excluding carboxylic acids is 2. The van der Waals surface area contributed by atoms with Crippen LogP contribution in [0.1, 0.15) is 45.2 Å². The van der Waals surface area contributed by atoms with Gasteiger partial charge >= 0.3 is 0 Å². The highest BCUT2D eigenvalue weighted by atomic mass is 16.2. The topological polar surface area (TPSA) is 83.4 Å². The Morgan fingerprint density at radius 1 is 1.29 bits per heavy atom. The van der Waals surface area contributed by atoms with Crippen molar-refractivity contribution in [3.63, 3.8) is 0 Å². The Balaban J connectivity index is 1.22. The lowest BCUT2D eigenvalue weighted by molar-refractivity contribution is -0.137. The normalized spacial score (nSPS) is 26.0. The molecule has 28 heavy (non-hydrogen) atoms. The molecule has 1 atom stereocenters. The minimum Gasteiger partial charge on any atom is -0.355 e. The molecule has 2 amide bonds. The third-order valence-corrected chi connectivity index (χ3v) is 6.43. The average molecular weight is 389 g/mol. The van der Waals surface area contributed by atoms with Crippen molar-refractivity contribution in [2.24, 2.45) is 17.3 Å². The molecule has 3 aliphatic heterocycles. The molecule has 4 heterocycles. The Bertz CT molecular complexity index is 722. The van der Waals surface area contributed by atoms with Crippen molar-refractivity contribution in [2.75, 3.05) is 32.7 Å². The van der Waals surface area contributed by atoms with Crippen LogP contribution in [-0.4, -0.2) is 69.3 Å². The van der Waals surface area contributed by atoms with E-state index in [4.69, 9.17) is 0 Å². The van der Waals surface area contributed by atoms with E-state index in [9.17, 15) is 9.59 Å². The lowest BCUT2D eigenvalue weighted by Crippen LogP contribution is -2.43. The van der Waals surface area contributed by atoms with Crippen LogP contribution in [0.5, 0.6) is 0 Å². The summed E-state index contributed by atoms with van der Waals surface area (Å²) in [6, 6.07) is 0. The molecule has 3 saturated heterocycles. The molecule has 1 unspecified atom stereocenters. The van der Waals surface area contributed by atoms with Crippen LogP contribution < -0.4 is 5.32 Å². The van der Waals surface area contributed by atoms with Gasteiger partial charge in [0.25, 0.3) is 0 Å². The van der Waals surface area contributed by atoms with Crippen molar-refractivity contribution in [3.8, 4) is 0 Å². The molecule has 8 nitrogen and oxygen atoms in total. The van der Waals surface area contributed by atoms with Gasteiger partial charge in [-0.1, -0.05) is 19.1 Å². The van der Waals surface area contributed by atoms with Crippen LogP contribution in [0, 0.1) is 17.3 Å². The Kier molecular flexibility index (Phi) is 5.40. The highest BCUT2D eigenvalue weighted by molar-refractivity contribution is 5.89. The second-order valence-electron chi connectivity index (χ2n) is 9.53. The predicted molar refractivity (Wildman–Crippen MR) is 104 cm³/mol. The summed E-state index contributed by atoms with van der Waals surface area (Å²) in [5, 5.41) is 11.4. The van der Waals surface area contributed by atoms with E-state index in [2.05, 4.69) is 40.6 Å². The second-order valence-corrected chi connectivity index (χ2v) is 9.53. The number of amides is 2. The number of hydrogen-bond donors (Lipinski definition) is 1. The molecule has 0 spiro atoms. The molecular weight excluding hydrogens is 356 g/mol. The first-order chi connectivity index (χ1) is 13.4. The van der Waals surface area contributed by atoms with Crippen LogP contribution in [0.4, 0.5) is 0 Å². The van der Waals surface area contributed by atoms with Crippen LogP contribution in [0.15, 0.2) is 6.20 Å². The minimum absolute atomic E-state index is 0.00674. The number of hydrogen-bond acceptors (Lipinski definition) is 5. The van der Waals surface area contributed by atoms with Crippen LogP contribution in [0.3, 0.4) is 0 Å². The van der Waals surface area contributed by atoms with Gasteiger partial charge in [0, 0.05) is 51.9 Å². The van der Waals surface area contributed by atoms with Crippen molar-refractivity contribution in [3.05, 3.63) is 11.9 Å². The van der Waals surface area contributed by atoms with E-state index in [1.165, 1.54) is 6.42 Å². The molecule has 0 saturated carbocycles. The molecule has 0 aromatic carbocycles. The molecule has 0 aliphatic carbocycles. The van der Waals surface area contributed by atoms with Gasteiger partial charge in [0.2, 0.25) is 11.8 Å². The number of aromatic nitrogens is 3. The fraction of sp³-hybridized carbons (Fsp3) is 0.800. The zero-order valence-electron chi connectivity index (χ0n) is 17.1. The summed E-state index contributed by atoms with van der Waals surface area (Å²) in [6.07, 6.45) is 5.63. The predicted octanol–water partition coefficient (Wildman–Crippen LogP) is 0.885. The zero-order valence-corrected chi connectivity index (χ0v) is 17.1. The van der Waals surface area contributed by atoms with Crippen molar-refractivity contribution < 1.29 is 9.59 Å².